The topological polar surface area (TPSA) is 35.6 Å². The Morgan fingerprint density at radius 2 is 0.812 bits per heavy atom. The molecule has 0 saturated carbocycles. The van der Waals surface area contributed by atoms with E-state index in [0.717, 1.165) is 33.6 Å². The minimum absolute atomic E-state index is 0.816. The van der Waals surface area contributed by atoms with Crippen molar-refractivity contribution in [1.29, 1.82) is 0 Å². The van der Waals surface area contributed by atoms with Gasteiger partial charge in [-0.3, -0.25) is 9.55 Å². The van der Waals surface area contributed by atoms with Crippen LogP contribution in [0.25, 0.3) is 98.5 Å². The van der Waals surface area contributed by atoms with Gasteiger partial charge in [-0.25, -0.2) is 4.98 Å². The molecule has 0 aliphatic carbocycles. The molecule has 4 nitrogen and oxygen atoms in total. The van der Waals surface area contributed by atoms with Gasteiger partial charge >= 0.3 is 0 Å². The molecular formula is C44H26N4. The molecule has 11 aromatic rings. The molecule has 0 N–H and O–H groups in total. The molecule has 4 heteroatoms. The first-order chi connectivity index (χ1) is 23.8. The van der Waals surface area contributed by atoms with Gasteiger partial charge in [-0.2, -0.15) is 0 Å². The van der Waals surface area contributed by atoms with E-state index in [1.165, 1.54) is 64.9 Å². The number of para-hydroxylation sites is 4. The van der Waals surface area contributed by atoms with Crippen molar-refractivity contribution >= 4 is 87.0 Å². The van der Waals surface area contributed by atoms with Gasteiger partial charge in [0.15, 0.2) is 5.82 Å². The molecule has 0 atom stereocenters. The Kier molecular flexibility index (Phi) is 5.08. The van der Waals surface area contributed by atoms with Gasteiger partial charge in [0.25, 0.3) is 0 Å². The third kappa shape index (κ3) is 3.43. The molecule has 0 radical (unpaired) electrons. The Labute approximate surface area is 274 Å². The van der Waals surface area contributed by atoms with Crippen molar-refractivity contribution in [2.75, 3.05) is 0 Å². The molecule has 0 aliphatic rings. The van der Waals surface area contributed by atoms with Crippen molar-refractivity contribution in [3.63, 3.8) is 0 Å². The second-order valence-electron chi connectivity index (χ2n) is 12.6. The summed E-state index contributed by atoms with van der Waals surface area (Å²) in [5.74, 6) is 0.816. The first-order valence-electron chi connectivity index (χ1n) is 16.3. The summed E-state index contributed by atoms with van der Waals surface area (Å²) in [5.41, 5.74) is 7.53. The molecular weight excluding hydrogens is 585 g/mol. The lowest BCUT2D eigenvalue weighted by atomic mass is 9.94. The Bertz CT molecular complexity index is 3090. The average molecular weight is 611 g/mol. The zero-order valence-electron chi connectivity index (χ0n) is 25.8. The van der Waals surface area contributed by atoms with E-state index in [0.29, 0.717) is 0 Å². The Balaban J connectivity index is 1.25. The summed E-state index contributed by atoms with van der Waals surface area (Å²) in [6.07, 6.45) is 1.89. The SMILES string of the molecule is c1ccc2nc(-n3c4ccccc4c4cc5c(cc43)c3ccccc3n5-c3ccc4c5ccccc5c5ccccc5c4c3)cnc2c1. The molecule has 0 aliphatic heterocycles. The van der Waals surface area contributed by atoms with E-state index in [9.17, 15) is 0 Å². The predicted molar refractivity (Wildman–Crippen MR) is 201 cm³/mol. The Morgan fingerprint density at radius 3 is 1.46 bits per heavy atom. The fourth-order valence-electron chi connectivity index (χ4n) is 8.05. The van der Waals surface area contributed by atoms with E-state index >= 15 is 0 Å². The van der Waals surface area contributed by atoms with Crippen LogP contribution in [0.3, 0.4) is 0 Å². The summed E-state index contributed by atoms with van der Waals surface area (Å²) in [4.78, 5) is 9.87. The minimum atomic E-state index is 0.816. The summed E-state index contributed by atoms with van der Waals surface area (Å²) in [6.45, 7) is 0. The van der Waals surface area contributed by atoms with Gasteiger partial charge in [-0.1, -0.05) is 103 Å². The number of nitrogens with zero attached hydrogens (tertiary/aromatic N) is 4. The lowest BCUT2D eigenvalue weighted by Gasteiger charge is -2.14. The van der Waals surface area contributed by atoms with Crippen LogP contribution >= 0.6 is 0 Å². The molecule has 11 rings (SSSR count). The Morgan fingerprint density at radius 1 is 0.333 bits per heavy atom. The van der Waals surface area contributed by atoms with E-state index in [1.807, 2.05) is 30.5 Å². The van der Waals surface area contributed by atoms with Crippen LogP contribution in [0.15, 0.2) is 158 Å². The van der Waals surface area contributed by atoms with E-state index in [4.69, 9.17) is 9.97 Å². The van der Waals surface area contributed by atoms with Gasteiger partial charge in [-0.05, 0) is 80.8 Å². The molecule has 3 heterocycles. The molecule has 0 bridgehead atoms. The second-order valence-corrected chi connectivity index (χ2v) is 12.6. The average Bonchev–Trinajstić information content (AvgIpc) is 3.65. The lowest BCUT2D eigenvalue weighted by Crippen LogP contribution is -1.99. The van der Waals surface area contributed by atoms with Crippen LogP contribution in [0.2, 0.25) is 0 Å². The third-order valence-corrected chi connectivity index (χ3v) is 10.1. The highest BCUT2D eigenvalue weighted by Gasteiger charge is 2.20. The molecule has 0 unspecified atom stereocenters. The largest absolute Gasteiger partial charge is 0.309 e. The summed E-state index contributed by atoms with van der Waals surface area (Å²) in [6, 6.07) is 54.7. The smallest absolute Gasteiger partial charge is 0.156 e. The van der Waals surface area contributed by atoms with Crippen LogP contribution in [0.1, 0.15) is 0 Å². The normalized spacial score (nSPS) is 12.2. The van der Waals surface area contributed by atoms with Crippen LogP contribution in [0, 0.1) is 0 Å². The zero-order valence-corrected chi connectivity index (χ0v) is 25.8. The van der Waals surface area contributed by atoms with Gasteiger partial charge in [0.2, 0.25) is 0 Å². The fraction of sp³-hybridized carbons (Fsp3) is 0. The van der Waals surface area contributed by atoms with E-state index in [-0.39, 0.29) is 0 Å². The second kappa shape index (κ2) is 9.50. The number of rotatable bonds is 2. The highest BCUT2D eigenvalue weighted by molar-refractivity contribution is 6.26. The van der Waals surface area contributed by atoms with Crippen molar-refractivity contribution in [2.45, 2.75) is 0 Å². The van der Waals surface area contributed by atoms with E-state index in [1.54, 1.807) is 0 Å². The van der Waals surface area contributed by atoms with Gasteiger partial charge in [-0.15, -0.1) is 0 Å². The highest BCUT2D eigenvalue weighted by Crippen LogP contribution is 2.41. The van der Waals surface area contributed by atoms with Crippen LogP contribution < -0.4 is 0 Å². The first-order valence-corrected chi connectivity index (χ1v) is 16.3. The lowest BCUT2D eigenvalue weighted by molar-refractivity contribution is 1.08. The van der Waals surface area contributed by atoms with Crippen molar-refractivity contribution in [3.8, 4) is 11.5 Å². The maximum absolute atomic E-state index is 5.08. The first kappa shape index (κ1) is 25.6. The number of benzene rings is 8. The Hall–Kier alpha value is -6.52. The number of hydrogen-bond donors (Lipinski definition) is 0. The van der Waals surface area contributed by atoms with Crippen LogP contribution in [-0.4, -0.2) is 19.1 Å². The molecule has 8 aromatic carbocycles. The van der Waals surface area contributed by atoms with Crippen molar-refractivity contribution in [1.82, 2.24) is 19.1 Å². The van der Waals surface area contributed by atoms with Crippen molar-refractivity contribution < 1.29 is 0 Å². The quantitative estimate of drug-likeness (QED) is 0.183. The maximum atomic E-state index is 5.08. The van der Waals surface area contributed by atoms with Gasteiger partial charge in [0.1, 0.15) is 0 Å². The standard InChI is InChI=1S/C44H26N4/c1-2-13-30-28(11-1)29-12-3-4-14-31(29)35-23-27(21-22-32(30)35)47-40-19-9-5-15-33(40)36-25-43-37(24-42(36)47)34-16-6-10-20-41(34)48(43)44-26-45-38-17-7-8-18-39(38)46-44/h1-26H. The monoisotopic (exact) mass is 610 g/mol. The summed E-state index contributed by atoms with van der Waals surface area (Å²) >= 11 is 0. The maximum Gasteiger partial charge on any atom is 0.156 e. The molecule has 0 fully saturated rings. The molecule has 3 aromatic heterocycles. The molecule has 222 valence electrons. The van der Waals surface area contributed by atoms with Crippen LogP contribution in [0.4, 0.5) is 0 Å². The van der Waals surface area contributed by atoms with Crippen LogP contribution in [-0.2, 0) is 0 Å². The van der Waals surface area contributed by atoms with Gasteiger partial charge in [0.05, 0.1) is 39.3 Å². The van der Waals surface area contributed by atoms with Gasteiger partial charge < -0.3 is 4.57 Å². The van der Waals surface area contributed by atoms with E-state index in [2.05, 4.69) is 137 Å². The van der Waals surface area contributed by atoms with Gasteiger partial charge in [0, 0.05) is 27.2 Å². The third-order valence-electron chi connectivity index (χ3n) is 10.1. The highest BCUT2D eigenvalue weighted by atomic mass is 15.1. The molecule has 0 amide bonds. The number of aromatic nitrogens is 4. The summed E-state index contributed by atoms with van der Waals surface area (Å²) in [5, 5.41) is 12.5. The number of hydrogen-bond acceptors (Lipinski definition) is 2. The predicted octanol–water partition coefficient (Wildman–Crippen LogP) is 11.3. The molecule has 0 saturated heterocycles. The summed E-state index contributed by atoms with van der Waals surface area (Å²) < 4.78 is 4.71. The van der Waals surface area contributed by atoms with E-state index < -0.39 is 0 Å². The minimum Gasteiger partial charge on any atom is -0.309 e. The molecule has 0 spiro atoms. The van der Waals surface area contributed by atoms with Crippen molar-refractivity contribution in [3.05, 3.63) is 158 Å². The molecule has 48 heavy (non-hydrogen) atoms. The summed E-state index contributed by atoms with van der Waals surface area (Å²) in [7, 11) is 0. The zero-order chi connectivity index (χ0) is 31.3. The van der Waals surface area contributed by atoms with Crippen LogP contribution in [0.5, 0.6) is 0 Å². The fourth-order valence-corrected chi connectivity index (χ4v) is 8.05. The number of fused-ring (bicyclic) bond motifs is 13. The van der Waals surface area contributed by atoms with Crippen molar-refractivity contribution in [2.24, 2.45) is 0 Å².